The molecule has 5 N–H and O–H groups in total. The number of halogens is 1. The molecule has 8 nitrogen and oxygen atoms in total. The van der Waals surface area contributed by atoms with Crippen molar-refractivity contribution < 1.29 is 9.59 Å². The maximum atomic E-state index is 12.0. The maximum absolute atomic E-state index is 12.0. The van der Waals surface area contributed by atoms with Crippen molar-refractivity contribution in [1.82, 2.24) is 16.0 Å². The molecule has 1 aliphatic heterocycles. The fourth-order valence-corrected chi connectivity index (χ4v) is 3.45. The number of hydrogen-bond acceptors (Lipinski definition) is 3. The SMILES string of the molecule is CN=C(NCc1ccc(NC(=O)NC(C)C)cc1)NCC1CC(=O)Nc2ccccc21.I. The topological polar surface area (TPSA) is 107 Å². The van der Waals surface area contributed by atoms with E-state index in [2.05, 4.69) is 31.6 Å². The van der Waals surface area contributed by atoms with Gasteiger partial charge >= 0.3 is 6.03 Å². The Labute approximate surface area is 206 Å². The Balaban J connectivity index is 0.00000363. The van der Waals surface area contributed by atoms with Crippen molar-refractivity contribution in [2.75, 3.05) is 24.2 Å². The lowest BCUT2D eigenvalue weighted by Gasteiger charge is -2.26. The van der Waals surface area contributed by atoms with Gasteiger partial charge in [0.05, 0.1) is 0 Å². The van der Waals surface area contributed by atoms with Gasteiger partial charge in [-0.1, -0.05) is 30.3 Å². The minimum Gasteiger partial charge on any atom is -0.356 e. The molecular formula is C23H31IN6O2. The number of rotatable bonds is 6. The number of aliphatic imine (C=N–C) groups is 1. The van der Waals surface area contributed by atoms with Gasteiger partial charge in [0.2, 0.25) is 5.91 Å². The van der Waals surface area contributed by atoms with Gasteiger partial charge in [0.1, 0.15) is 0 Å². The van der Waals surface area contributed by atoms with E-state index in [1.807, 2.05) is 62.4 Å². The molecule has 0 saturated carbocycles. The van der Waals surface area contributed by atoms with Gasteiger partial charge in [0.15, 0.2) is 5.96 Å². The number of urea groups is 1. The average molecular weight is 550 g/mol. The molecule has 0 aromatic heterocycles. The van der Waals surface area contributed by atoms with Crippen LogP contribution in [0.4, 0.5) is 16.2 Å². The molecule has 1 unspecified atom stereocenters. The summed E-state index contributed by atoms with van der Waals surface area (Å²) in [5.74, 6) is 0.789. The van der Waals surface area contributed by atoms with E-state index in [4.69, 9.17) is 0 Å². The lowest BCUT2D eigenvalue weighted by molar-refractivity contribution is -0.116. The third-order valence-electron chi connectivity index (χ3n) is 4.94. The van der Waals surface area contributed by atoms with Crippen molar-refractivity contribution in [3.8, 4) is 0 Å². The van der Waals surface area contributed by atoms with Crippen LogP contribution in [-0.2, 0) is 11.3 Å². The molecule has 2 aromatic rings. The number of para-hydroxylation sites is 1. The largest absolute Gasteiger partial charge is 0.356 e. The van der Waals surface area contributed by atoms with E-state index < -0.39 is 0 Å². The summed E-state index contributed by atoms with van der Waals surface area (Å²) in [6.07, 6.45) is 0.444. The molecule has 3 rings (SSSR count). The zero-order valence-electron chi connectivity index (χ0n) is 18.6. The third kappa shape index (κ3) is 7.40. The number of nitrogens with one attached hydrogen (secondary N) is 5. The highest BCUT2D eigenvalue weighted by molar-refractivity contribution is 14.0. The summed E-state index contributed by atoms with van der Waals surface area (Å²) in [5.41, 5.74) is 3.80. The van der Waals surface area contributed by atoms with Crippen LogP contribution in [0, 0.1) is 0 Å². The van der Waals surface area contributed by atoms with E-state index in [1.54, 1.807) is 7.05 Å². The minimum absolute atomic E-state index is 0. The highest BCUT2D eigenvalue weighted by Crippen LogP contribution is 2.31. The van der Waals surface area contributed by atoms with Crippen molar-refractivity contribution >= 4 is 53.2 Å². The summed E-state index contributed by atoms with van der Waals surface area (Å²) in [6, 6.07) is 15.4. The normalized spacial score (nSPS) is 15.2. The van der Waals surface area contributed by atoms with E-state index in [0.29, 0.717) is 25.5 Å². The number of amides is 3. The Kier molecular flexibility index (Phi) is 9.76. The predicted octanol–water partition coefficient (Wildman–Crippen LogP) is 3.63. The number of benzene rings is 2. The van der Waals surface area contributed by atoms with Gasteiger partial charge in [-0.25, -0.2) is 4.79 Å². The van der Waals surface area contributed by atoms with Crippen LogP contribution in [0.3, 0.4) is 0 Å². The van der Waals surface area contributed by atoms with Crippen LogP contribution in [-0.4, -0.2) is 37.5 Å². The van der Waals surface area contributed by atoms with Gasteiger partial charge in [-0.15, -0.1) is 24.0 Å². The predicted molar refractivity (Wildman–Crippen MR) is 140 cm³/mol. The number of nitrogens with zero attached hydrogens (tertiary/aromatic N) is 1. The maximum Gasteiger partial charge on any atom is 0.319 e. The highest BCUT2D eigenvalue weighted by atomic mass is 127. The number of anilines is 2. The molecule has 3 amide bonds. The second kappa shape index (κ2) is 12.3. The Morgan fingerprint density at radius 1 is 1.12 bits per heavy atom. The summed E-state index contributed by atoms with van der Waals surface area (Å²) >= 11 is 0. The van der Waals surface area contributed by atoms with Crippen LogP contribution in [0.1, 0.15) is 37.3 Å². The van der Waals surface area contributed by atoms with Gasteiger partial charge < -0.3 is 26.6 Å². The summed E-state index contributed by atoms with van der Waals surface area (Å²) in [6.45, 7) is 5.02. The first kappa shape index (κ1) is 25.4. The number of fused-ring (bicyclic) bond motifs is 1. The molecule has 0 saturated heterocycles. The highest BCUT2D eigenvalue weighted by Gasteiger charge is 2.24. The fraction of sp³-hybridized carbons (Fsp3) is 0.348. The molecule has 0 fully saturated rings. The van der Waals surface area contributed by atoms with Gasteiger partial charge in [-0.05, 0) is 43.2 Å². The van der Waals surface area contributed by atoms with E-state index in [1.165, 1.54) is 0 Å². The number of carbonyl (C=O) groups excluding carboxylic acids is 2. The smallest absolute Gasteiger partial charge is 0.319 e. The van der Waals surface area contributed by atoms with Gasteiger partial charge in [0, 0.05) is 49.9 Å². The number of carbonyl (C=O) groups is 2. The van der Waals surface area contributed by atoms with E-state index in [-0.39, 0.29) is 47.9 Å². The van der Waals surface area contributed by atoms with Crippen LogP contribution >= 0.6 is 24.0 Å². The summed E-state index contributed by atoms with van der Waals surface area (Å²) < 4.78 is 0. The lowest BCUT2D eigenvalue weighted by atomic mass is 9.90. The molecule has 9 heteroatoms. The monoisotopic (exact) mass is 550 g/mol. The third-order valence-corrected chi connectivity index (χ3v) is 4.94. The second-order valence-corrected chi connectivity index (χ2v) is 7.79. The fourth-order valence-electron chi connectivity index (χ4n) is 3.45. The van der Waals surface area contributed by atoms with Crippen molar-refractivity contribution in [1.29, 1.82) is 0 Å². The summed E-state index contributed by atoms with van der Waals surface area (Å²) in [5, 5.41) is 15.1. The van der Waals surface area contributed by atoms with Crippen molar-refractivity contribution in [2.24, 2.45) is 4.99 Å². The summed E-state index contributed by atoms with van der Waals surface area (Å²) in [7, 11) is 1.72. The van der Waals surface area contributed by atoms with Crippen molar-refractivity contribution in [3.05, 3.63) is 59.7 Å². The molecule has 0 spiro atoms. The van der Waals surface area contributed by atoms with E-state index in [0.717, 1.165) is 22.5 Å². The number of guanidine groups is 1. The molecule has 1 heterocycles. The second-order valence-electron chi connectivity index (χ2n) is 7.79. The van der Waals surface area contributed by atoms with Gasteiger partial charge in [0.25, 0.3) is 0 Å². The van der Waals surface area contributed by atoms with Gasteiger partial charge in [-0.2, -0.15) is 0 Å². The van der Waals surface area contributed by atoms with Crippen LogP contribution in [0.5, 0.6) is 0 Å². The first-order valence-corrected chi connectivity index (χ1v) is 10.4. The Morgan fingerprint density at radius 3 is 2.53 bits per heavy atom. The Bertz CT molecular complexity index is 946. The standard InChI is InChI=1S/C23H30N6O2.HI/c1-15(2)27-23(31)28-18-10-8-16(9-11-18)13-25-22(24-3)26-14-17-12-21(30)29-20-7-5-4-6-19(17)20;/h4-11,15,17H,12-14H2,1-3H3,(H,29,30)(H2,24,25,26)(H2,27,28,31);1H. The molecule has 0 aliphatic carbocycles. The number of hydrogen-bond donors (Lipinski definition) is 5. The molecule has 2 aromatic carbocycles. The molecule has 32 heavy (non-hydrogen) atoms. The van der Waals surface area contributed by atoms with Crippen LogP contribution in [0.2, 0.25) is 0 Å². The molecular weight excluding hydrogens is 519 g/mol. The van der Waals surface area contributed by atoms with Crippen molar-refractivity contribution in [2.45, 2.75) is 38.8 Å². The molecule has 172 valence electrons. The van der Waals surface area contributed by atoms with Crippen LogP contribution < -0.4 is 26.6 Å². The molecule has 0 radical (unpaired) electrons. The summed E-state index contributed by atoms with van der Waals surface area (Å²) in [4.78, 5) is 28.0. The van der Waals surface area contributed by atoms with Gasteiger partial charge in [-0.3, -0.25) is 9.79 Å². The minimum atomic E-state index is -0.219. The Morgan fingerprint density at radius 2 is 1.84 bits per heavy atom. The quantitative estimate of drug-likeness (QED) is 0.215. The molecule has 1 aliphatic rings. The first-order valence-electron chi connectivity index (χ1n) is 10.4. The zero-order chi connectivity index (χ0) is 22.2. The van der Waals surface area contributed by atoms with Crippen LogP contribution in [0.25, 0.3) is 0 Å². The van der Waals surface area contributed by atoms with E-state index >= 15 is 0 Å². The lowest BCUT2D eigenvalue weighted by Crippen LogP contribution is -2.40. The first-order chi connectivity index (χ1) is 14.9. The zero-order valence-corrected chi connectivity index (χ0v) is 20.9. The average Bonchev–Trinajstić information content (AvgIpc) is 2.74. The van der Waals surface area contributed by atoms with Crippen molar-refractivity contribution in [3.63, 3.8) is 0 Å². The molecule has 1 atom stereocenters. The Hall–Kier alpha value is -2.82. The molecule has 0 bridgehead atoms. The van der Waals surface area contributed by atoms with E-state index in [9.17, 15) is 9.59 Å². The van der Waals surface area contributed by atoms with Crippen LogP contribution in [0.15, 0.2) is 53.5 Å².